The Labute approximate surface area is 570 Å². The second kappa shape index (κ2) is 33.0. The summed E-state index contributed by atoms with van der Waals surface area (Å²) in [5.41, 5.74) is 7.86. The summed E-state index contributed by atoms with van der Waals surface area (Å²) in [7, 11) is -6.24. The number of benzene rings is 2. The summed E-state index contributed by atoms with van der Waals surface area (Å²) in [6, 6.07) is 33.2. The molecule has 2 N–H and O–H groups in total. The van der Waals surface area contributed by atoms with Gasteiger partial charge in [0.15, 0.2) is 11.3 Å². The fraction of sp³-hybridized carbons (Fsp3) is 0.536. The largest absolute Gasteiger partial charge is 0.490 e. The minimum Gasteiger partial charge on any atom is -0.423 e. The van der Waals surface area contributed by atoms with Crippen LogP contribution < -0.4 is 15.3 Å². The van der Waals surface area contributed by atoms with Crippen molar-refractivity contribution in [2.24, 2.45) is 11.8 Å². The molecule has 0 aliphatic heterocycles. The molecular weight excluding hydrogens is 1340 g/mol. The molecule has 2 fully saturated rings. The highest BCUT2D eigenvalue weighted by Crippen LogP contribution is 2.46. The Morgan fingerprint density at radius 3 is 1.63 bits per heavy atom. The van der Waals surface area contributed by atoms with Crippen molar-refractivity contribution in [2.45, 2.75) is 172 Å². The Morgan fingerprint density at radius 1 is 0.602 bits per heavy atom. The van der Waals surface area contributed by atoms with E-state index in [1.165, 1.54) is 6.20 Å². The van der Waals surface area contributed by atoms with Gasteiger partial charge in [-0.1, -0.05) is 128 Å². The average Bonchev–Trinajstić information content (AvgIpc) is 1.66. The molecule has 0 bridgehead atoms. The highest BCUT2D eigenvalue weighted by molar-refractivity contribution is 14.1. The van der Waals surface area contributed by atoms with Gasteiger partial charge in [-0.25, -0.2) is 9.97 Å². The fourth-order valence-electron chi connectivity index (χ4n) is 11.6. The first-order valence-corrected chi connectivity index (χ1v) is 49.0. The zero-order valence-corrected chi connectivity index (χ0v) is 63.6. The Balaban J connectivity index is 0.000000204. The first kappa shape index (κ1) is 73.3. The molecule has 93 heavy (non-hydrogen) atoms. The van der Waals surface area contributed by atoms with Gasteiger partial charge in [0, 0.05) is 135 Å². The highest BCUT2D eigenvalue weighted by Gasteiger charge is 2.39. The van der Waals surface area contributed by atoms with Crippen LogP contribution in [-0.4, -0.2) is 142 Å². The maximum Gasteiger partial charge on any atom is 0.490 e. The SMILES string of the molecule is CC1(c2cc(N(COCC[Si](C)(C)C)COCC[Si](C)(C)C)n3ncc(-c4cnc5ccccc5c4)c3n2)CCC(CC#N)C1.C[Si](C)(C)CCOCN(COCC[Si](C)(C)C)c1cc(C2CCC(CC#N)C2)nc2c(I)cnn12.OB(O)c1cnc2ccccc2c1. The molecule has 0 amide bonds. The second-order valence-electron chi connectivity index (χ2n) is 30.6. The van der Waals surface area contributed by atoms with Crippen molar-refractivity contribution in [3.63, 3.8) is 0 Å². The Hall–Kier alpha value is -5.50. The van der Waals surface area contributed by atoms with Crippen LogP contribution in [0.4, 0.5) is 11.6 Å². The summed E-state index contributed by atoms with van der Waals surface area (Å²) in [5.74, 6) is 3.13. The number of rotatable bonds is 28. The third-order valence-corrected chi connectivity index (χ3v) is 25.1. The predicted molar refractivity (Wildman–Crippen MR) is 397 cm³/mol. The van der Waals surface area contributed by atoms with Crippen LogP contribution in [0.25, 0.3) is 44.2 Å². The van der Waals surface area contributed by atoms with E-state index in [4.69, 9.17) is 54.3 Å². The smallest absolute Gasteiger partial charge is 0.423 e. The standard InChI is InChI=1S/C35H50N6O2Si2.C25H42IN5O2Si2.C9H8BNO2/c1-35(14-12-27(22-35)13-15-36)32-21-33(40(25-42-16-18-44(2,3)4)26-43-17-19-45(5,6)7)41-34(39-32)30(24-38-41)29-20-28-10-8-9-11-31(28)37-23-29;1-34(2,3)13-11-32-18-30(19-33-12-14-35(4,5)6)24-16-23(21-8-7-20(15-21)9-10-27)29-25-22(26)17-28-31(24)25;12-10(13)8-5-7-3-1-2-4-9(7)11-6-8/h8-11,20-21,23-24,27H,12-14,16-19,22,25-26H2,1-7H3;16-17,20-21H,7-9,11-15,18-19H2,1-6H3;1-6,12-13H. The van der Waals surface area contributed by atoms with E-state index < -0.39 is 39.4 Å². The molecule has 0 radical (unpaired) electrons. The number of nitrogens with zero attached hydrogens (tertiary/aromatic N) is 12. The van der Waals surface area contributed by atoms with E-state index >= 15 is 0 Å². The number of halogens is 1. The molecule has 18 nitrogen and oxygen atoms in total. The topological polar surface area (TPSA) is 218 Å². The molecule has 0 spiro atoms. The van der Waals surface area contributed by atoms with Crippen LogP contribution >= 0.6 is 22.6 Å². The van der Waals surface area contributed by atoms with E-state index in [1.54, 1.807) is 6.07 Å². The summed E-state index contributed by atoms with van der Waals surface area (Å²) in [6.45, 7) is 35.5. The molecule has 0 saturated heterocycles. The maximum absolute atomic E-state index is 9.43. The predicted octanol–water partition coefficient (Wildman–Crippen LogP) is 14.8. The van der Waals surface area contributed by atoms with Crippen molar-refractivity contribution >= 4 is 112 Å². The van der Waals surface area contributed by atoms with E-state index in [-0.39, 0.29) is 5.41 Å². The van der Waals surface area contributed by atoms with Gasteiger partial charge in [0.25, 0.3) is 0 Å². The number of anilines is 2. The molecule has 10 rings (SSSR count). The quantitative estimate of drug-likeness (QED) is 0.0202. The summed E-state index contributed by atoms with van der Waals surface area (Å²) >= 11 is 2.32. The summed E-state index contributed by atoms with van der Waals surface area (Å²) in [4.78, 5) is 23.5. The van der Waals surface area contributed by atoms with Crippen molar-refractivity contribution in [1.82, 2.24) is 39.2 Å². The molecule has 6 aromatic heterocycles. The van der Waals surface area contributed by atoms with Crippen LogP contribution in [-0.2, 0) is 24.4 Å². The Morgan fingerprint density at radius 2 is 1.10 bits per heavy atom. The summed E-state index contributed by atoms with van der Waals surface area (Å²) in [5, 5.41) is 47.9. The normalized spacial score (nSPS) is 17.7. The number of hydrogen-bond acceptors (Lipinski definition) is 16. The van der Waals surface area contributed by atoms with Gasteiger partial charge in [-0.05, 0) is 121 Å². The lowest BCUT2D eigenvalue weighted by Gasteiger charge is -2.29. The van der Waals surface area contributed by atoms with Crippen molar-refractivity contribution in [1.29, 1.82) is 10.5 Å². The monoisotopic (exact) mass is 1440 g/mol. The lowest BCUT2D eigenvalue weighted by Crippen LogP contribution is -2.34. The fourth-order valence-corrected chi connectivity index (χ4v) is 15.1. The number of fused-ring (bicyclic) bond motifs is 4. The van der Waals surface area contributed by atoms with E-state index in [0.717, 1.165) is 160 Å². The third kappa shape index (κ3) is 21.8. The molecule has 2 aromatic carbocycles. The van der Waals surface area contributed by atoms with Gasteiger partial charge >= 0.3 is 7.12 Å². The minimum atomic E-state index is -1.45. The zero-order chi connectivity index (χ0) is 67.1. The molecule has 2 saturated carbocycles. The number of aromatic nitrogens is 8. The van der Waals surface area contributed by atoms with E-state index in [2.05, 4.69) is 164 Å². The molecule has 6 heterocycles. The van der Waals surface area contributed by atoms with E-state index in [0.29, 0.717) is 63.0 Å². The number of hydrogen-bond donors (Lipinski definition) is 2. The van der Waals surface area contributed by atoms with Gasteiger partial charge in [0.1, 0.15) is 38.6 Å². The van der Waals surface area contributed by atoms with Crippen LogP contribution in [0.1, 0.15) is 75.6 Å². The molecule has 24 heteroatoms. The molecular formula is C69H100BIN12O6Si4. The maximum atomic E-state index is 9.43. The number of ether oxygens (including phenoxy) is 4. The van der Waals surface area contributed by atoms with Crippen molar-refractivity contribution < 1.29 is 29.0 Å². The van der Waals surface area contributed by atoms with Crippen LogP contribution in [0.5, 0.6) is 0 Å². The number of nitriles is 2. The Bertz CT molecular complexity index is 3780. The molecule has 4 atom stereocenters. The van der Waals surface area contributed by atoms with Gasteiger partial charge in [0.05, 0.1) is 44.8 Å². The van der Waals surface area contributed by atoms with Crippen molar-refractivity contribution in [3.05, 3.63) is 113 Å². The van der Waals surface area contributed by atoms with Gasteiger partial charge in [-0.15, -0.1) is 0 Å². The van der Waals surface area contributed by atoms with E-state index in [9.17, 15) is 5.26 Å². The van der Waals surface area contributed by atoms with Gasteiger partial charge < -0.3 is 38.8 Å². The zero-order valence-electron chi connectivity index (χ0n) is 57.5. The number of para-hydroxylation sites is 2. The first-order valence-electron chi connectivity index (χ1n) is 33.1. The van der Waals surface area contributed by atoms with Crippen molar-refractivity contribution in [3.8, 4) is 23.3 Å². The van der Waals surface area contributed by atoms with Gasteiger partial charge in [0.2, 0.25) is 0 Å². The molecule has 2 aliphatic rings. The van der Waals surface area contributed by atoms with Crippen LogP contribution in [0.3, 0.4) is 0 Å². The van der Waals surface area contributed by atoms with Crippen LogP contribution in [0.2, 0.25) is 103 Å². The molecule has 8 aromatic rings. The minimum absolute atomic E-state index is 0.135. The van der Waals surface area contributed by atoms with Gasteiger partial charge in [-0.2, -0.15) is 29.8 Å². The molecule has 2 aliphatic carbocycles. The second-order valence-corrected chi connectivity index (χ2v) is 54.2. The molecule has 4 unspecified atom stereocenters. The lowest BCUT2D eigenvalue weighted by atomic mass is 9.81. The van der Waals surface area contributed by atoms with E-state index in [1.807, 2.05) is 70.1 Å². The highest BCUT2D eigenvalue weighted by atomic mass is 127. The molecule has 498 valence electrons. The van der Waals surface area contributed by atoms with Crippen LogP contribution in [0.15, 0.2) is 97.6 Å². The van der Waals surface area contributed by atoms with Gasteiger partial charge in [-0.3, -0.25) is 9.97 Å². The van der Waals surface area contributed by atoms with Crippen LogP contribution in [0, 0.1) is 38.1 Å². The first-order chi connectivity index (χ1) is 44.1. The Kier molecular flexibility index (Phi) is 26.0. The lowest BCUT2D eigenvalue weighted by molar-refractivity contribution is 0.0940. The summed E-state index contributed by atoms with van der Waals surface area (Å²) in [6.07, 6.45) is 14.6. The van der Waals surface area contributed by atoms with Crippen molar-refractivity contribution in [2.75, 3.05) is 63.2 Å². The number of pyridine rings is 2. The average molecular weight is 1440 g/mol. The third-order valence-electron chi connectivity index (χ3n) is 17.5. The summed E-state index contributed by atoms with van der Waals surface area (Å²) < 4.78 is 29.9.